The van der Waals surface area contributed by atoms with E-state index in [0.717, 1.165) is 0 Å². The zero-order valence-corrected chi connectivity index (χ0v) is 13.4. The molecule has 7 heteroatoms. The molecule has 0 aliphatic heterocycles. The predicted molar refractivity (Wildman–Crippen MR) is 89.7 cm³/mol. The van der Waals surface area contributed by atoms with Gasteiger partial charge in [-0.25, -0.2) is 0 Å². The lowest BCUT2D eigenvalue weighted by Gasteiger charge is -2.12. The molecule has 0 atom stereocenters. The number of carbonyl (C=O) groups excluding carboxylic acids is 1. The van der Waals surface area contributed by atoms with E-state index in [0.29, 0.717) is 11.8 Å². The van der Waals surface area contributed by atoms with Gasteiger partial charge in [0.25, 0.3) is 0 Å². The van der Waals surface area contributed by atoms with Crippen molar-refractivity contribution in [3.63, 3.8) is 0 Å². The molecule has 2 N–H and O–H groups in total. The normalized spacial score (nSPS) is 10.6. The maximum absolute atomic E-state index is 12.5. The number of ether oxygens (including phenoxy) is 2. The number of phenols is 2. The Kier molecular flexibility index (Phi) is 4.06. The molecule has 3 aromatic rings. The van der Waals surface area contributed by atoms with E-state index < -0.39 is 5.43 Å². The fraction of sp³-hybridized carbons (Fsp3) is 0.111. The van der Waals surface area contributed by atoms with Crippen molar-refractivity contribution < 1.29 is 28.9 Å². The highest BCUT2D eigenvalue weighted by Crippen LogP contribution is 2.37. The van der Waals surface area contributed by atoms with E-state index in [2.05, 4.69) is 0 Å². The van der Waals surface area contributed by atoms with Gasteiger partial charge in [0.1, 0.15) is 11.3 Å². The van der Waals surface area contributed by atoms with Gasteiger partial charge in [-0.15, -0.1) is 0 Å². The van der Waals surface area contributed by atoms with Crippen molar-refractivity contribution in [2.45, 2.75) is 0 Å². The largest absolute Gasteiger partial charge is 0.504 e. The molecule has 0 saturated carbocycles. The second-order valence-corrected chi connectivity index (χ2v) is 5.20. The Morgan fingerprint density at radius 2 is 1.80 bits per heavy atom. The molecule has 0 fully saturated rings. The summed E-state index contributed by atoms with van der Waals surface area (Å²) < 4.78 is 16.1. The Morgan fingerprint density at radius 3 is 2.40 bits per heavy atom. The first-order valence-corrected chi connectivity index (χ1v) is 7.20. The summed E-state index contributed by atoms with van der Waals surface area (Å²) in [5, 5.41) is 19.2. The molecule has 25 heavy (non-hydrogen) atoms. The van der Waals surface area contributed by atoms with Crippen LogP contribution in [0.1, 0.15) is 10.4 Å². The molecule has 0 amide bonds. The van der Waals surface area contributed by atoms with Crippen molar-refractivity contribution in [1.29, 1.82) is 0 Å². The number of benzene rings is 2. The zero-order valence-electron chi connectivity index (χ0n) is 13.4. The number of carbonyl (C=O) groups is 1. The summed E-state index contributed by atoms with van der Waals surface area (Å²) in [6, 6.07) is 6.66. The molecule has 1 heterocycles. The molecule has 7 nitrogen and oxygen atoms in total. The number of phenolic OH excluding ortho intramolecular Hbond substituents is 2. The Bertz CT molecular complexity index is 1030. The van der Waals surface area contributed by atoms with Crippen LogP contribution in [0.25, 0.3) is 22.3 Å². The minimum Gasteiger partial charge on any atom is -0.504 e. The van der Waals surface area contributed by atoms with E-state index in [-0.39, 0.29) is 45.3 Å². The van der Waals surface area contributed by atoms with E-state index in [1.807, 2.05) is 0 Å². The number of aldehydes is 1. The monoisotopic (exact) mass is 342 g/mol. The Morgan fingerprint density at radius 1 is 1.04 bits per heavy atom. The van der Waals surface area contributed by atoms with E-state index in [9.17, 15) is 19.8 Å². The highest BCUT2D eigenvalue weighted by molar-refractivity contribution is 5.99. The lowest BCUT2D eigenvalue weighted by Crippen LogP contribution is -2.05. The maximum Gasteiger partial charge on any atom is 0.193 e. The molecule has 0 aliphatic carbocycles. The van der Waals surface area contributed by atoms with Crippen LogP contribution < -0.4 is 14.9 Å². The fourth-order valence-electron chi connectivity index (χ4n) is 2.56. The maximum atomic E-state index is 12.5. The average Bonchev–Trinajstić information content (AvgIpc) is 2.62. The van der Waals surface area contributed by atoms with Crippen LogP contribution in [0.15, 0.2) is 39.5 Å². The summed E-state index contributed by atoms with van der Waals surface area (Å²) >= 11 is 0. The van der Waals surface area contributed by atoms with Crippen molar-refractivity contribution >= 4 is 17.3 Å². The van der Waals surface area contributed by atoms with Gasteiger partial charge in [-0.05, 0) is 24.3 Å². The summed E-state index contributed by atoms with van der Waals surface area (Å²) in [7, 11) is 2.77. The molecular formula is C18H14O7. The number of fused-ring (bicyclic) bond motifs is 1. The molecular weight excluding hydrogens is 328 g/mol. The van der Waals surface area contributed by atoms with Crippen LogP contribution >= 0.6 is 0 Å². The molecule has 0 unspecified atom stereocenters. The third kappa shape index (κ3) is 2.65. The summed E-state index contributed by atoms with van der Waals surface area (Å²) in [4.78, 5) is 24.0. The van der Waals surface area contributed by atoms with Crippen molar-refractivity contribution in [3.05, 3.63) is 46.1 Å². The van der Waals surface area contributed by atoms with Gasteiger partial charge in [-0.2, -0.15) is 0 Å². The second kappa shape index (κ2) is 6.20. The summed E-state index contributed by atoms with van der Waals surface area (Å²) in [5.41, 5.74) is 0.0512. The van der Waals surface area contributed by atoms with Crippen molar-refractivity contribution in [2.24, 2.45) is 0 Å². The first kappa shape index (κ1) is 16.4. The molecule has 1 aromatic heterocycles. The second-order valence-electron chi connectivity index (χ2n) is 5.20. The highest BCUT2D eigenvalue weighted by Gasteiger charge is 2.19. The van der Waals surface area contributed by atoms with E-state index in [1.54, 1.807) is 0 Å². The molecule has 0 spiro atoms. The predicted octanol–water partition coefficient (Wildman–Crippen LogP) is 2.70. The Labute approximate surface area is 141 Å². The van der Waals surface area contributed by atoms with Gasteiger partial charge in [0.2, 0.25) is 0 Å². The van der Waals surface area contributed by atoms with Crippen LogP contribution in [-0.4, -0.2) is 30.7 Å². The molecule has 0 bridgehead atoms. The number of hydrogen-bond donors (Lipinski definition) is 2. The van der Waals surface area contributed by atoms with Gasteiger partial charge >= 0.3 is 0 Å². The number of hydrogen-bond acceptors (Lipinski definition) is 7. The van der Waals surface area contributed by atoms with E-state index in [1.165, 1.54) is 44.6 Å². The molecule has 2 aromatic carbocycles. The molecule has 0 radical (unpaired) electrons. The molecule has 128 valence electrons. The average molecular weight is 342 g/mol. The van der Waals surface area contributed by atoms with Gasteiger partial charge in [-0.3, -0.25) is 9.59 Å². The van der Waals surface area contributed by atoms with Crippen LogP contribution in [0.3, 0.4) is 0 Å². The quantitative estimate of drug-likeness (QED) is 0.554. The number of rotatable bonds is 4. The number of methoxy groups -OCH3 is 2. The van der Waals surface area contributed by atoms with E-state index >= 15 is 0 Å². The smallest absolute Gasteiger partial charge is 0.193 e. The third-order valence-electron chi connectivity index (χ3n) is 3.77. The third-order valence-corrected chi connectivity index (χ3v) is 3.77. The Balaban J connectivity index is 2.36. The number of aromatic hydroxyl groups is 2. The standard InChI is InChI=1S/C18H14O7/c1-23-16-6-10-13(21)7-15(9-3-4-12(20)14(22)5-9)25-17(10)11(8-19)18(16)24-2/h3-8,20,22H,1-2H3. The van der Waals surface area contributed by atoms with Gasteiger partial charge in [0, 0.05) is 11.6 Å². The lowest BCUT2D eigenvalue weighted by molar-refractivity contribution is 0.112. The van der Waals surface area contributed by atoms with Gasteiger partial charge in [-0.1, -0.05) is 0 Å². The van der Waals surface area contributed by atoms with E-state index in [4.69, 9.17) is 13.9 Å². The summed E-state index contributed by atoms with van der Waals surface area (Å²) in [5.74, 6) is -0.142. The highest BCUT2D eigenvalue weighted by atomic mass is 16.5. The van der Waals surface area contributed by atoms with Crippen LogP contribution in [-0.2, 0) is 0 Å². The SMILES string of the molecule is COc1cc2c(=O)cc(-c3ccc(O)c(O)c3)oc2c(C=O)c1OC. The van der Waals surface area contributed by atoms with Crippen LogP contribution in [0.5, 0.6) is 23.0 Å². The zero-order chi connectivity index (χ0) is 18.1. The Hall–Kier alpha value is -3.48. The van der Waals surface area contributed by atoms with Crippen molar-refractivity contribution in [3.8, 4) is 34.3 Å². The van der Waals surface area contributed by atoms with Crippen LogP contribution in [0.4, 0.5) is 0 Å². The molecule has 0 saturated heterocycles. The minimum absolute atomic E-state index is 0.0406. The van der Waals surface area contributed by atoms with Gasteiger partial charge in [0.05, 0.1) is 19.6 Å². The van der Waals surface area contributed by atoms with Crippen molar-refractivity contribution in [2.75, 3.05) is 14.2 Å². The summed E-state index contributed by atoms with van der Waals surface area (Å²) in [6.07, 6.45) is 0.519. The first-order chi connectivity index (χ1) is 12.0. The van der Waals surface area contributed by atoms with Crippen LogP contribution in [0, 0.1) is 0 Å². The lowest BCUT2D eigenvalue weighted by atomic mass is 10.1. The fourth-order valence-corrected chi connectivity index (χ4v) is 2.56. The van der Waals surface area contributed by atoms with Crippen molar-refractivity contribution in [1.82, 2.24) is 0 Å². The first-order valence-electron chi connectivity index (χ1n) is 7.20. The molecule has 0 aliphatic rings. The van der Waals surface area contributed by atoms with Gasteiger partial charge in [0.15, 0.2) is 40.3 Å². The molecule has 3 rings (SSSR count). The van der Waals surface area contributed by atoms with Gasteiger partial charge < -0.3 is 24.1 Å². The summed E-state index contributed by atoms with van der Waals surface area (Å²) in [6.45, 7) is 0. The van der Waals surface area contributed by atoms with Crippen LogP contribution in [0.2, 0.25) is 0 Å². The topological polar surface area (TPSA) is 106 Å². The minimum atomic E-state index is -0.395.